The molecule has 0 bridgehead atoms. The summed E-state index contributed by atoms with van der Waals surface area (Å²) in [6.45, 7) is 0. The summed E-state index contributed by atoms with van der Waals surface area (Å²) in [5, 5.41) is 15.1. The Bertz CT molecular complexity index is 1000. The van der Waals surface area contributed by atoms with Gasteiger partial charge in [0.2, 0.25) is 0 Å². The maximum atomic E-state index is 11.2. The quantitative estimate of drug-likeness (QED) is 0.336. The summed E-state index contributed by atoms with van der Waals surface area (Å²) in [4.78, 5) is 15.6. The molecule has 6 nitrogen and oxygen atoms in total. The molecule has 0 unspecified atom stereocenters. The molecule has 3 rings (SSSR count). The second-order valence-corrected chi connectivity index (χ2v) is 6.15. The van der Waals surface area contributed by atoms with Gasteiger partial charge in [0.15, 0.2) is 0 Å². The van der Waals surface area contributed by atoms with Crippen LogP contribution in [0.25, 0.3) is 11.1 Å². The molecule has 6 heteroatoms. The van der Waals surface area contributed by atoms with Gasteiger partial charge >= 0.3 is 0 Å². The van der Waals surface area contributed by atoms with E-state index in [0.29, 0.717) is 17.7 Å². The van der Waals surface area contributed by atoms with Crippen molar-refractivity contribution in [3.05, 3.63) is 93.5 Å². The molecule has 0 fully saturated rings. The Morgan fingerprint density at radius 2 is 1.79 bits per heavy atom. The number of methoxy groups -OCH3 is 1. The van der Waals surface area contributed by atoms with Crippen molar-refractivity contribution in [2.45, 2.75) is 6.42 Å². The van der Waals surface area contributed by atoms with E-state index in [-0.39, 0.29) is 5.69 Å². The maximum Gasteiger partial charge on any atom is 0.270 e. The highest BCUT2D eigenvalue weighted by molar-refractivity contribution is 5.89. The number of nitrogens with zero attached hydrogens (tertiary/aromatic N) is 2. The summed E-state index contributed by atoms with van der Waals surface area (Å²) < 4.78 is 5.62. The maximum absolute atomic E-state index is 11.2. The number of rotatable bonds is 7. The predicted molar refractivity (Wildman–Crippen MR) is 109 cm³/mol. The third-order valence-electron chi connectivity index (χ3n) is 4.30. The van der Waals surface area contributed by atoms with E-state index in [9.17, 15) is 10.1 Å². The van der Waals surface area contributed by atoms with E-state index in [0.717, 1.165) is 22.3 Å². The minimum atomic E-state index is -0.406. The highest BCUT2D eigenvalue weighted by Crippen LogP contribution is 2.36. The zero-order valence-electron chi connectivity index (χ0n) is 15.7. The molecule has 0 heterocycles. The zero-order valence-corrected chi connectivity index (χ0v) is 15.7. The number of non-ortho nitro benzene ring substituents is 1. The lowest BCUT2D eigenvalue weighted by molar-refractivity contribution is -0.384. The lowest BCUT2D eigenvalue weighted by atomic mass is 9.95. The van der Waals surface area contributed by atoms with Gasteiger partial charge in [-0.15, -0.1) is 0 Å². The monoisotopic (exact) mass is 376 g/mol. The van der Waals surface area contributed by atoms with Crippen molar-refractivity contribution < 1.29 is 14.5 Å². The zero-order chi connectivity index (χ0) is 19.9. The minimum Gasteiger partial charge on any atom is -0.495 e. The fourth-order valence-electron chi connectivity index (χ4n) is 3.08. The molecule has 0 saturated carbocycles. The Kier molecular flexibility index (Phi) is 6.01. The van der Waals surface area contributed by atoms with E-state index in [2.05, 4.69) is 17.3 Å². The number of hydrogen-bond acceptors (Lipinski definition) is 5. The molecule has 0 N–H and O–H groups in total. The first-order chi connectivity index (χ1) is 13.6. The molecule has 0 aliphatic carbocycles. The molecule has 3 aromatic carbocycles. The van der Waals surface area contributed by atoms with Crippen molar-refractivity contribution in [3.63, 3.8) is 0 Å². The highest BCUT2D eigenvalue weighted by atomic mass is 16.6. The first-order valence-corrected chi connectivity index (χ1v) is 8.68. The van der Waals surface area contributed by atoms with Crippen LogP contribution in [-0.2, 0) is 11.3 Å². The SMILES string of the molecule is CON=Cc1cc(Cc2ccccc2)cc(-c2cccc([N+](=O)[O-])c2)c1OC. The largest absolute Gasteiger partial charge is 0.495 e. The fourth-order valence-corrected chi connectivity index (χ4v) is 3.08. The Morgan fingerprint density at radius 3 is 2.46 bits per heavy atom. The van der Waals surface area contributed by atoms with E-state index in [1.54, 1.807) is 25.5 Å². The van der Waals surface area contributed by atoms with E-state index < -0.39 is 4.92 Å². The molecule has 142 valence electrons. The molecule has 0 atom stereocenters. The van der Waals surface area contributed by atoms with Crippen LogP contribution >= 0.6 is 0 Å². The summed E-state index contributed by atoms with van der Waals surface area (Å²) in [7, 11) is 3.04. The smallest absolute Gasteiger partial charge is 0.270 e. The molecule has 0 aliphatic heterocycles. The van der Waals surface area contributed by atoms with Gasteiger partial charge < -0.3 is 9.57 Å². The number of hydrogen-bond donors (Lipinski definition) is 0. The molecule has 28 heavy (non-hydrogen) atoms. The topological polar surface area (TPSA) is 74.0 Å². The summed E-state index contributed by atoms with van der Waals surface area (Å²) >= 11 is 0. The van der Waals surface area contributed by atoms with Gasteiger partial charge in [-0.1, -0.05) is 47.6 Å². The lowest BCUT2D eigenvalue weighted by Gasteiger charge is -2.14. The Morgan fingerprint density at radius 1 is 1.00 bits per heavy atom. The number of ether oxygens (including phenoxy) is 1. The highest BCUT2D eigenvalue weighted by Gasteiger charge is 2.15. The van der Waals surface area contributed by atoms with Crippen molar-refractivity contribution in [3.8, 4) is 16.9 Å². The Labute approximate surface area is 163 Å². The molecule has 0 amide bonds. The van der Waals surface area contributed by atoms with Gasteiger partial charge in [0.25, 0.3) is 5.69 Å². The van der Waals surface area contributed by atoms with Crippen LogP contribution in [0.3, 0.4) is 0 Å². The number of nitro groups is 1. The molecule has 0 aliphatic rings. The van der Waals surface area contributed by atoms with Crippen molar-refractivity contribution >= 4 is 11.9 Å². The van der Waals surface area contributed by atoms with Crippen molar-refractivity contribution in [1.82, 2.24) is 0 Å². The first kappa shape index (κ1) is 19.1. The summed E-state index contributed by atoms with van der Waals surface area (Å²) in [5.41, 5.74) is 4.42. The second kappa shape index (κ2) is 8.81. The van der Waals surface area contributed by atoms with Crippen LogP contribution in [0.5, 0.6) is 5.75 Å². The second-order valence-electron chi connectivity index (χ2n) is 6.15. The molecule has 0 saturated heterocycles. The predicted octanol–water partition coefficient (Wildman–Crippen LogP) is 4.84. The normalized spacial score (nSPS) is 10.8. The molecular weight excluding hydrogens is 356 g/mol. The first-order valence-electron chi connectivity index (χ1n) is 8.68. The third-order valence-corrected chi connectivity index (χ3v) is 4.30. The van der Waals surface area contributed by atoms with Crippen LogP contribution in [0.2, 0.25) is 0 Å². The third kappa shape index (κ3) is 4.35. The van der Waals surface area contributed by atoms with Gasteiger partial charge in [0, 0.05) is 23.3 Å². The van der Waals surface area contributed by atoms with Gasteiger partial charge in [0.05, 0.1) is 18.2 Å². The van der Waals surface area contributed by atoms with Crippen LogP contribution in [0.4, 0.5) is 5.69 Å². The Hall–Kier alpha value is -3.67. The molecule has 0 radical (unpaired) electrons. The van der Waals surface area contributed by atoms with Gasteiger partial charge in [-0.25, -0.2) is 0 Å². The van der Waals surface area contributed by atoms with Crippen LogP contribution in [0.15, 0.2) is 71.9 Å². The van der Waals surface area contributed by atoms with Gasteiger partial charge in [0.1, 0.15) is 12.9 Å². The van der Waals surface area contributed by atoms with E-state index in [4.69, 9.17) is 9.57 Å². The average Bonchev–Trinajstić information content (AvgIpc) is 2.72. The molecule has 0 aromatic heterocycles. The number of nitro benzene ring substituents is 1. The van der Waals surface area contributed by atoms with Crippen LogP contribution in [-0.4, -0.2) is 25.4 Å². The minimum absolute atomic E-state index is 0.0279. The molecular formula is C22H20N2O4. The van der Waals surface area contributed by atoms with E-state index in [1.807, 2.05) is 36.4 Å². The summed E-state index contributed by atoms with van der Waals surface area (Å²) in [6, 6.07) is 20.6. The van der Waals surface area contributed by atoms with Crippen LogP contribution < -0.4 is 4.74 Å². The Balaban J connectivity index is 2.15. The van der Waals surface area contributed by atoms with E-state index >= 15 is 0 Å². The molecule has 3 aromatic rings. The average molecular weight is 376 g/mol. The van der Waals surface area contributed by atoms with Crippen molar-refractivity contribution in [2.75, 3.05) is 14.2 Å². The van der Waals surface area contributed by atoms with Crippen molar-refractivity contribution in [1.29, 1.82) is 0 Å². The van der Waals surface area contributed by atoms with Crippen LogP contribution in [0, 0.1) is 10.1 Å². The molecule has 0 spiro atoms. The summed E-state index contributed by atoms with van der Waals surface area (Å²) in [6.07, 6.45) is 2.29. The number of oxime groups is 1. The standard InChI is InChI=1S/C22H20N2O4/c1-27-22-19(15-23-28-2)12-17(11-16-7-4-3-5-8-16)13-21(22)18-9-6-10-20(14-18)24(25)26/h3-10,12-15H,11H2,1-2H3. The fraction of sp³-hybridized carbons (Fsp3) is 0.136. The number of benzene rings is 3. The van der Waals surface area contributed by atoms with Crippen LogP contribution in [0.1, 0.15) is 16.7 Å². The van der Waals surface area contributed by atoms with Gasteiger partial charge in [-0.2, -0.15) is 0 Å². The lowest BCUT2D eigenvalue weighted by Crippen LogP contribution is -1.99. The summed E-state index contributed by atoms with van der Waals surface area (Å²) in [5.74, 6) is 0.582. The van der Waals surface area contributed by atoms with Gasteiger partial charge in [-0.3, -0.25) is 10.1 Å². The van der Waals surface area contributed by atoms with Crippen molar-refractivity contribution in [2.24, 2.45) is 5.16 Å². The van der Waals surface area contributed by atoms with Gasteiger partial charge in [-0.05, 0) is 35.2 Å². The van der Waals surface area contributed by atoms with E-state index in [1.165, 1.54) is 13.2 Å².